The minimum absolute atomic E-state index is 0.0257. The van der Waals surface area contributed by atoms with Crippen LogP contribution in [0, 0.1) is 0 Å². The van der Waals surface area contributed by atoms with Crippen LogP contribution >= 0.6 is 11.3 Å². The number of rotatable bonds is 6. The Hall–Kier alpha value is -2.29. The van der Waals surface area contributed by atoms with Crippen LogP contribution < -0.4 is 10.6 Å². The lowest BCUT2D eigenvalue weighted by Crippen LogP contribution is -2.64. The van der Waals surface area contributed by atoms with Crippen molar-refractivity contribution in [2.75, 3.05) is 50.0 Å². The number of ether oxygens (including phenoxy) is 1. The summed E-state index contributed by atoms with van der Waals surface area (Å²) in [4.78, 5) is 11.1. The van der Waals surface area contributed by atoms with E-state index in [0.717, 1.165) is 11.3 Å². The third-order valence-corrected chi connectivity index (χ3v) is 11.1. The number of hydrogen-bond donors (Lipinski definition) is 3. The summed E-state index contributed by atoms with van der Waals surface area (Å²) >= 11 is 0.892. The Labute approximate surface area is 240 Å². The Kier molecular flexibility index (Phi) is 8.16. The second-order valence-electron chi connectivity index (χ2n) is 10.5. The largest absolute Gasteiger partial charge is 0.430 e. The molecule has 234 valence electrons. The van der Waals surface area contributed by atoms with Crippen molar-refractivity contribution in [1.29, 1.82) is 0 Å². The number of aromatic nitrogens is 2. The van der Waals surface area contributed by atoms with Crippen LogP contribution in [0.5, 0.6) is 0 Å². The fourth-order valence-electron chi connectivity index (χ4n) is 5.71. The van der Waals surface area contributed by atoms with Crippen LogP contribution in [0.15, 0.2) is 28.7 Å². The normalized spacial score (nSPS) is 26.9. The van der Waals surface area contributed by atoms with Gasteiger partial charge in [0.25, 0.3) is 15.6 Å². The SMILES string of the molecule is Nc1ccc(S(=O)(=O)N2CCN(c3ncc(C(O)(C(F)(F)F)C(F)(F)F)cn3)[C@@H](CN3[C@@H]4COC[C@H]3CC(O)C4)C2)s1. The minimum atomic E-state index is -6.09. The van der Waals surface area contributed by atoms with Gasteiger partial charge in [0.05, 0.1) is 30.4 Å². The van der Waals surface area contributed by atoms with Gasteiger partial charge < -0.3 is 25.6 Å². The van der Waals surface area contributed by atoms with Gasteiger partial charge in [-0.2, -0.15) is 30.6 Å². The molecule has 0 spiro atoms. The van der Waals surface area contributed by atoms with Crippen LogP contribution in [0.2, 0.25) is 0 Å². The highest BCUT2D eigenvalue weighted by atomic mass is 32.2. The number of piperidine rings is 1. The van der Waals surface area contributed by atoms with E-state index in [9.17, 15) is 45.0 Å². The number of aliphatic hydroxyl groups is 2. The number of anilines is 2. The highest BCUT2D eigenvalue weighted by Gasteiger charge is 2.71. The molecule has 0 radical (unpaired) electrons. The van der Waals surface area contributed by atoms with E-state index in [2.05, 4.69) is 14.9 Å². The van der Waals surface area contributed by atoms with E-state index in [0.29, 0.717) is 31.1 Å². The molecule has 2 aromatic heterocycles. The van der Waals surface area contributed by atoms with Crippen LogP contribution in [0.3, 0.4) is 0 Å². The Balaban J connectivity index is 1.46. The molecule has 2 aromatic rings. The van der Waals surface area contributed by atoms with E-state index in [1.165, 1.54) is 21.3 Å². The van der Waals surface area contributed by atoms with Crippen molar-refractivity contribution in [2.45, 2.75) is 59.2 Å². The number of piperazine rings is 1. The number of hydrogen-bond acceptors (Lipinski definition) is 11. The average Bonchev–Trinajstić information content (AvgIpc) is 3.34. The lowest BCUT2D eigenvalue weighted by Gasteiger charge is -2.50. The Morgan fingerprint density at radius 2 is 1.62 bits per heavy atom. The molecule has 0 amide bonds. The first-order valence-corrected chi connectivity index (χ1v) is 15.1. The van der Waals surface area contributed by atoms with Crippen LogP contribution in [-0.4, -0.2) is 114 Å². The number of aliphatic hydroxyl groups excluding tert-OH is 1. The van der Waals surface area contributed by atoms with Gasteiger partial charge in [-0.3, -0.25) is 4.90 Å². The maximum absolute atomic E-state index is 13.4. The van der Waals surface area contributed by atoms with E-state index in [1.807, 2.05) is 0 Å². The first kappa shape index (κ1) is 31.1. The fourth-order valence-corrected chi connectivity index (χ4v) is 8.43. The number of nitrogen functional groups attached to an aromatic ring is 1. The van der Waals surface area contributed by atoms with Crippen molar-refractivity contribution in [1.82, 2.24) is 19.2 Å². The van der Waals surface area contributed by atoms with E-state index in [1.54, 1.807) is 0 Å². The standard InChI is InChI=1S/C23H28F6N6O5S2/c24-22(25,26)21(37,23(27,28)29)13-7-31-20(32-8-13)34-4-3-33(42(38,39)19-2-1-18(30)41-19)9-16(34)10-35-14-5-17(36)6-15(35)12-40-11-14/h1-2,7-8,14-17,36-37H,3-6,9-12,30H2/t14-,15+,16-,17?/m1/s1. The highest BCUT2D eigenvalue weighted by molar-refractivity contribution is 7.91. The van der Waals surface area contributed by atoms with Gasteiger partial charge in [0, 0.05) is 56.2 Å². The molecule has 0 aromatic carbocycles. The summed E-state index contributed by atoms with van der Waals surface area (Å²) in [5.41, 5.74) is -1.06. The van der Waals surface area contributed by atoms with Crippen LogP contribution in [-0.2, 0) is 20.4 Å². The smallest absolute Gasteiger partial charge is 0.393 e. The molecule has 0 aliphatic carbocycles. The van der Waals surface area contributed by atoms with Gasteiger partial charge in [0.1, 0.15) is 4.21 Å². The van der Waals surface area contributed by atoms with E-state index < -0.39 is 45.7 Å². The number of thiophene rings is 1. The number of alkyl halides is 6. The van der Waals surface area contributed by atoms with Gasteiger partial charge in [-0.05, 0) is 25.0 Å². The molecule has 1 unspecified atom stereocenters. The van der Waals surface area contributed by atoms with Crippen LogP contribution in [0.25, 0.3) is 0 Å². The maximum Gasteiger partial charge on any atom is 0.430 e. The zero-order valence-electron chi connectivity index (χ0n) is 21.8. The first-order chi connectivity index (χ1) is 19.5. The molecule has 3 saturated heterocycles. The van der Waals surface area contributed by atoms with Gasteiger partial charge in [-0.15, -0.1) is 11.3 Å². The monoisotopic (exact) mass is 646 g/mol. The zero-order chi connectivity index (χ0) is 30.7. The van der Waals surface area contributed by atoms with Gasteiger partial charge in [-0.25, -0.2) is 18.4 Å². The van der Waals surface area contributed by atoms with Crippen LogP contribution in [0.1, 0.15) is 18.4 Å². The number of morpholine rings is 1. The fraction of sp³-hybridized carbons (Fsp3) is 0.652. The summed E-state index contributed by atoms with van der Waals surface area (Å²) in [6.45, 7) is 0.676. The third-order valence-electron chi connectivity index (χ3n) is 7.84. The molecule has 0 saturated carbocycles. The summed E-state index contributed by atoms with van der Waals surface area (Å²) in [6, 6.07) is 1.79. The lowest BCUT2D eigenvalue weighted by atomic mass is 9.91. The minimum Gasteiger partial charge on any atom is -0.393 e. The number of nitrogens with two attached hydrogens (primary N) is 1. The quantitative estimate of drug-likeness (QED) is 0.396. The molecule has 4 N–H and O–H groups in total. The van der Waals surface area contributed by atoms with Gasteiger partial charge >= 0.3 is 12.4 Å². The predicted molar refractivity (Wildman–Crippen MR) is 137 cm³/mol. The van der Waals surface area contributed by atoms with Gasteiger partial charge in [0.2, 0.25) is 5.95 Å². The number of sulfonamides is 1. The van der Waals surface area contributed by atoms with Crippen molar-refractivity contribution < 1.29 is 49.7 Å². The Morgan fingerprint density at radius 3 is 2.14 bits per heavy atom. The average molecular weight is 647 g/mol. The van der Waals surface area contributed by atoms with E-state index >= 15 is 0 Å². The molecular weight excluding hydrogens is 618 g/mol. The first-order valence-electron chi connectivity index (χ1n) is 12.8. The molecule has 5 rings (SSSR count). The van der Waals surface area contributed by atoms with Crippen molar-refractivity contribution in [3.63, 3.8) is 0 Å². The number of halogens is 6. The molecule has 4 atom stereocenters. The van der Waals surface area contributed by atoms with E-state index in [4.69, 9.17) is 10.5 Å². The molecule has 5 heterocycles. The van der Waals surface area contributed by atoms with Crippen molar-refractivity contribution >= 4 is 32.3 Å². The van der Waals surface area contributed by atoms with Crippen molar-refractivity contribution in [3.05, 3.63) is 30.1 Å². The molecule has 19 heteroatoms. The maximum atomic E-state index is 13.4. The number of fused-ring (bicyclic) bond motifs is 2. The Morgan fingerprint density at radius 1 is 1.02 bits per heavy atom. The number of nitrogens with zero attached hydrogens (tertiary/aromatic N) is 5. The molecule has 3 aliphatic heterocycles. The summed E-state index contributed by atoms with van der Waals surface area (Å²) < 4.78 is 114. The molecule has 42 heavy (non-hydrogen) atoms. The molecule has 3 fully saturated rings. The van der Waals surface area contributed by atoms with Gasteiger partial charge in [0.15, 0.2) is 0 Å². The second-order valence-corrected chi connectivity index (χ2v) is 13.8. The zero-order valence-corrected chi connectivity index (χ0v) is 23.4. The summed E-state index contributed by atoms with van der Waals surface area (Å²) in [6.07, 6.45) is -11.3. The molecule has 11 nitrogen and oxygen atoms in total. The summed E-state index contributed by atoms with van der Waals surface area (Å²) in [7, 11) is -3.97. The van der Waals surface area contributed by atoms with Crippen molar-refractivity contribution in [2.24, 2.45) is 0 Å². The molecule has 3 aliphatic rings. The third kappa shape index (κ3) is 5.55. The molecule has 2 bridgehead atoms. The van der Waals surface area contributed by atoms with Gasteiger partial charge in [-0.1, -0.05) is 0 Å². The lowest BCUT2D eigenvalue weighted by molar-refractivity contribution is -0.376. The Bertz CT molecular complexity index is 1350. The predicted octanol–water partition coefficient (Wildman–Crippen LogP) is 1.54. The van der Waals surface area contributed by atoms with Crippen molar-refractivity contribution in [3.8, 4) is 0 Å². The summed E-state index contributed by atoms with van der Waals surface area (Å²) in [5, 5.41) is 20.3. The van der Waals surface area contributed by atoms with Crippen LogP contribution in [0.4, 0.5) is 37.3 Å². The topological polar surface area (TPSA) is 145 Å². The summed E-state index contributed by atoms with van der Waals surface area (Å²) in [5.74, 6) is -0.230. The second kappa shape index (κ2) is 11.0. The van der Waals surface area contributed by atoms with E-state index in [-0.39, 0.29) is 60.8 Å². The highest BCUT2D eigenvalue weighted by Crippen LogP contribution is 2.49. The molecular formula is C23H28F6N6O5S2.